The topological polar surface area (TPSA) is 81.4 Å². The van der Waals surface area contributed by atoms with E-state index in [1.165, 1.54) is 6.07 Å². The van der Waals surface area contributed by atoms with Crippen LogP contribution < -0.4 is 11.1 Å². The molecule has 0 atom stereocenters. The highest BCUT2D eigenvalue weighted by Crippen LogP contribution is 2.21. The van der Waals surface area contributed by atoms with Crippen molar-refractivity contribution in [1.29, 1.82) is 0 Å². The van der Waals surface area contributed by atoms with E-state index < -0.39 is 11.4 Å². The van der Waals surface area contributed by atoms with E-state index in [-0.39, 0.29) is 37.8 Å². The third-order valence-electron chi connectivity index (χ3n) is 3.25. The van der Waals surface area contributed by atoms with Gasteiger partial charge in [-0.1, -0.05) is 18.2 Å². The smallest absolute Gasteiger partial charge is 0.220 e. The number of nitrogens with one attached hydrogen (secondary N) is 1. The lowest BCUT2D eigenvalue weighted by Crippen LogP contribution is -2.63. The lowest BCUT2D eigenvalue weighted by atomic mass is 9.92. The number of carbonyl (C=O) groups is 2. The van der Waals surface area contributed by atoms with Crippen molar-refractivity contribution in [3.63, 3.8) is 0 Å². The van der Waals surface area contributed by atoms with Crippen LogP contribution >= 0.6 is 0 Å². The van der Waals surface area contributed by atoms with Crippen molar-refractivity contribution in [3.05, 3.63) is 35.6 Å². The second-order valence-electron chi connectivity index (χ2n) is 5.06. The molecule has 1 fully saturated rings. The van der Waals surface area contributed by atoms with Crippen molar-refractivity contribution >= 4 is 11.8 Å². The highest BCUT2D eigenvalue weighted by Gasteiger charge is 2.41. The molecule has 108 valence electrons. The van der Waals surface area contributed by atoms with Gasteiger partial charge in [-0.15, -0.1) is 0 Å². The van der Waals surface area contributed by atoms with E-state index in [2.05, 4.69) is 5.32 Å². The van der Waals surface area contributed by atoms with Crippen molar-refractivity contribution in [2.45, 2.75) is 24.8 Å². The van der Waals surface area contributed by atoms with Gasteiger partial charge in [0.05, 0.1) is 25.2 Å². The van der Waals surface area contributed by atoms with Gasteiger partial charge in [0.2, 0.25) is 11.8 Å². The van der Waals surface area contributed by atoms with Crippen LogP contribution in [-0.2, 0) is 20.7 Å². The molecule has 0 unspecified atom stereocenters. The van der Waals surface area contributed by atoms with Gasteiger partial charge in [-0.05, 0) is 18.1 Å². The highest BCUT2D eigenvalue weighted by molar-refractivity contribution is 5.80. The lowest BCUT2D eigenvalue weighted by Gasteiger charge is -2.41. The maximum absolute atomic E-state index is 13.4. The van der Waals surface area contributed by atoms with Crippen LogP contribution in [0.5, 0.6) is 0 Å². The Balaban J connectivity index is 1.86. The predicted octanol–water partition coefficient (Wildman–Crippen LogP) is 0.519. The number of rotatable bonds is 6. The molecule has 1 aromatic rings. The zero-order valence-electron chi connectivity index (χ0n) is 11.0. The Morgan fingerprint density at radius 2 is 2.05 bits per heavy atom. The molecular weight excluding hydrogens is 263 g/mol. The second-order valence-corrected chi connectivity index (χ2v) is 5.06. The van der Waals surface area contributed by atoms with Gasteiger partial charge in [-0.3, -0.25) is 9.59 Å². The first-order valence-corrected chi connectivity index (χ1v) is 6.41. The molecule has 0 bridgehead atoms. The first kappa shape index (κ1) is 14.5. The van der Waals surface area contributed by atoms with E-state index in [1.807, 2.05) is 0 Å². The number of ether oxygens (including phenoxy) is 1. The standard InChI is InChI=1S/C14H17FN2O3/c15-11-4-2-1-3-10(11)5-6-13(19)17-14(7-12(16)18)8-20-9-14/h1-4H,5-9H2,(H2,16,18)(H,17,19). The van der Waals surface area contributed by atoms with Crippen molar-refractivity contribution in [2.75, 3.05) is 13.2 Å². The van der Waals surface area contributed by atoms with Crippen LogP contribution in [0, 0.1) is 5.82 Å². The summed E-state index contributed by atoms with van der Waals surface area (Å²) in [6.07, 6.45) is 0.520. The Morgan fingerprint density at radius 1 is 1.35 bits per heavy atom. The van der Waals surface area contributed by atoms with Gasteiger partial charge in [-0.25, -0.2) is 4.39 Å². The number of aryl methyl sites for hydroxylation is 1. The summed E-state index contributed by atoms with van der Waals surface area (Å²) in [6.45, 7) is 0.558. The Bertz CT molecular complexity index is 515. The maximum atomic E-state index is 13.4. The van der Waals surface area contributed by atoms with E-state index in [0.717, 1.165) is 0 Å². The van der Waals surface area contributed by atoms with Crippen LogP contribution in [0.25, 0.3) is 0 Å². The van der Waals surface area contributed by atoms with Gasteiger partial charge in [0.1, 0.15) is 5.82 Å². The van der Waals surface area contributed by atoms with Gasteiger partial charge in [0.15, 0.2) is 0 Å². The molecule has 2 rings (SSSR count). The van der Waals surface area contributed by atoms with E-state index in [1.54, 1.807) is 18.2 Å². The molecule has 1 saturated heterocycles. The number of halogens is 1. The maximum Gasteiger partial charge on any atom is 0.220 e. The van der Waals surface area contributed by atoms with Crippen molar-refractivity contribution in [3.8, 4) is 0 Å². The number of benzene rings is 1. The Hall–Kier alpha value is -1.95. The average Bonchev–Trinajstić information content (AvgIpc) is 2.34. The van der Waals surface area contributed by atoms with Gasteiger partial charge >= 0.3 is 0 Å². The van der Waals surface area contributed by atoms with Crippen molar-refractivity contribution < 1.29 is 18.7 Å². The average molecular weight is 280 g/mol. The summed E-state index contributed by atoms with van der Waals surface area (Å²) in [4.78, 5) is 22.9. The highest BCUT2D eigenvalue weighted by atomic mass is 19.1. The molecule has 1 aliphatic heterocycles. The Labute approximate surface area is 116 Å². The third-order valence-corrected chi connectivity index (χ3v) is 3.25. The summed E-state index contributed by atoms with van der Waals surface area (Å²) in [7, 11) is 0. The quantitative estimate of drug-likeness (QED) is 0.797. The zero-order valence-corrected chi connectivity index (χ0v) is 11.0. The number of nitrogens with two attached hydrogens (primary N) is 1. The van der Waals surface area contributed by atoms with Crippen LogP contribution in [-0.4, -0.2) is 30.6 Å². The number of hydrogen-bond acceptors (Lipinski definition) is 3. The predicted molar refractivity (Wildman–Crippen MR) is 70.2 cm³/mol. The second kappa shape index (κ2) is 6.00. The minimum Gasteiger partial charge on any atom is -0.376 e. The first-order valence-electron chi connectivity index (χ1n) is 6.41. The summed E-state index contributed by atoms with van der Waals surface area (Å²) in [6, 6.07) is 6.34. The van der Waals surface area contributed by atoms with E-state index in [0.29, 0.717) is 12.0 Å². The van der Waals surface area contributed by atoms with Gasteiger partial charge in [-0.2, -0.15) is 0 Å². The molecule has 3 N–H and O–H groups in total. The largest absolute Gasteiger partial charge is 0.376 e. The minimum atomic E-state index is -0.682. The normalized spacial score (nSPS) is 16.2. The molecule has 1 aliphatic rings. The molecule has 6 heteroatoms. The van der Waals surface area contributed by atoms with Crippen LogP contribution in [0.15, 0.2) is 24.3 Å². The fourth-order valence-electron chi connectivity index (χ4n) is 2.21. The monoisotopic (exact) mass is 280 g/mol. The first-order chi connectivity index (χ1) is 9.51. The van der Waals surface area contributed by atoms with Gasteiger partial charge in [0.25, 0.3) is 0 Å². The molecule has 0 aromatic heterocycles. The van der Waals surface area contributed by atoms with E-state index in [9.17, 15) is 14.0 Å². The van der Waals surface area contributed by atoms with Crippen molar-refractivity contribution in [2.24, 2.45) is 5.73 Å². The SMILES string of the molecule is NC(=O)CC1(NC(=O)CCc2ccccc2F)COC1. The molecule has 2 amide bonds. The van der Waals surface area contributed by atoms with Crippen LogP contribution in [0.4, 0.5) is 4.39 Å². The number of hydrogen-bond donors (Lipinski definition) is 2. The molecule has 20 heavy (non-hydrogen) atoms. The third kappa shape index (κ3) is 3.54. The van der Waals surface area contributed by atoms with Gasteiger partial charge < -0.3 is 15.8 Å². The fourth-order valence-corrected chi connectivity index (χ4v) is 2.21. The zero-order chi connectivity index (χ0) is 14.6. The molecule has 1 heterocycles. The Kier molecular flexibility index (Phi) is 4.34. The summed E-state index contributed by atoms with van der Waals surface area (Å²) in [5, 5.41) is 2.76. The molecule has 0 radical (unpaired) electrons. The molecule has 0 aliphatic carbocycles. The van der Waals surface area contributed by atoms with Crippen molar-refractivity contribution in [1.82, 2.24) is 5.32 Å². The summed E-state index contributed by atoms with van der Waals surface area (Å²) in [5.41, 5.74) is 4.97. The van der Waals surface area contributed by atoms with Crippen LogP contribution in [0.1, 0.15) is 18.4 Å². The van der Waals surface area contributed by atoms with Crippen LogP contribution in [0.2, 0.25) is 0 Å². The number of amides is 2. The minimum absolute atomic E-state index is 0.0540. The van der Waals surface area contributed by atoms with Crippen LogP contribution in [0.3, 0.4) is 0 Å². The lowest BCUT2D eigenvalue weighted by molar-refractivity contribution is -0.138. The molecular formula is C14H17FN2O3. The number of carbonyl (C=O) groups excluding carboxylic acids is 2. The number of primary amides is 1. The summed E-state index contributed by atoms with van der Waals surface area (Å²) < 4.78 is 18.5. The molecule has 0 spiro atoms. The molecule has 1 aromatic carbocycles. The van der Waals surface area contributed by atoms with Gasteiger partial charge in [0, 0.05) is 6.42 Å². The van der Waals surface area contributed by atoms with E-state index in [4.69, 9.17) is 10.5 Å². The molecule has 0 saturated carbocycles. The fraction of sp³-hybridized carbons (Fsp3) is 0.429. The molecule has 5 nitrogen and oxygen atoms in total. The summed E-state index contributed by atoms with van der Waals surface area (Å²) in [5.74, 6) is -1.04. The summed E-state index contributed by atoms with van der Waals surface area (Å²) >= 11 is 0. The Morgan fingerprint density at radius 3 is 2.60 bits per heavy atom. The van der Waals surface area contributed by atoms with E-state index >= 15 is 0 Å².